The molecule has 4 nitrogen and oxygen atoms in total. The fourth-order valence-corrected chi connectivity index (χ4v) is 3.08. The van der Waals surface area contributed by atoms with Gasteiger partial charge >= 0.3 is 0 Å². The molecule has 0 saturated carbocycles. The highest BCUT2D eigenvalue weighted by Gasteiger charge is 2.07. The number of ether oxygens (including phenoxy) is 2. The molecule has 2 heterocycles. The third-order valence-electron chi connectivity index (χ3n) is 3.46. The van der Waals surface area contributed by atoms with Gasteiger partial charge in [-0.05, 0) is 46.5 Å². The molecule has 0 saturated heterocycles. The fourth-order valence-electron chi connectivity index (χ4n) is 2.35. The molecular weight excluding hydrogens is 296 g/mol. The van der Waals surface area contributed by atoms with E-state index in [1.165, 1.54) is 6.33 Å². The van der Waals surface area contributed by atoms with Gasteiger partial charge in [0.05, 0.1) is 12.5 Å². The van der Waals surface area contributed by atoms with E-state index in [1.807, 2.05) is 47.8 Å². The number of rotatable bonds is 3. The predicted molar refractivity (Wildman–Crippen MR) is 88.0 cm³/mol. The molecule has 108 valence electrons. The summed E-state index contributed by atoms with van der Waals surface area (Å²) in [6.07, 6.45) is 1.53. The van der Waals surface area contributed by atoms with Crippen LogP contribution < -0.4 is 9.47 Å². The third kappa shape index (κ3) is 2.25. The Bertz CT molecular complexity index is 965. The van der Waals surface area contributed by atoms with E-state index in [0.29, 0.717) is 5.88 Å². The third-order valence-corrected chi connectivity index (χ3v) is 4.28. The summed E-state index contributed by atoms with van der Waals surface area (Å²) in [6.45, 7) is 0. The topological polar surface area (TPSA) is 44.2 Å². The minimum atomic E-state index is 0.577. The van der Waals surface area contributed by atoms with E-state index in [9.17, 15) is 0 Å². The lowest BCUT2D eigenvalue weighted by Crippen LogP contribution is -1.89. The molecule has 0 aliphatic heterocycles. The Kier molecular flexibility index (Phi) is 3.12. The van der Waals surface area contributed by atoms with Crippen LogP contribution in [0.5, 0.6) is 17.4 Å². The van der Waals surface area contributed by atoms with Crippen molar-refractivity contribution < 1.29 is 9.47 Å². The van der Waals surface area contributed by atoms with Crippen molar-refractivity contribution in [2.45, 2.75) is 0 Å². The summed E-state index contributed by atoms with van der Waals surface area (Å²) in [4.78, 5) is 9.39. The van der Waals surface area contributed by atoms with Crippen molar-refractivity contribution in [3.05, 3.63) is 54.2 Å². The lowest BCUT2D eigenvalue weighted by Gasteiger charge is -2.07. The summed E-state index contributed by atoms with van der Waals surface area (Å²) in [5.41, 5.74) is 0. The summed E-state index contributed by atoms with van der Waals surface area (Å²) in [6, 6.07) is 13.9. The number of hydrogen-bond donors (Lipinski definition) is 0. The van der Waals surface area contributed by atoms with Crippen LogP contribution in [-0.2, 0) is 0 Å². The SMILES string of the molecule is COc1ccc2ccc(Oc3ncnc4sccc34)cc2c1. The first-order chi connectivity index (χ1) is 10.8. The zero-order chi connectivity index (χ0) is 14.9. The lowest BCUT2D eigenvalue weighted by atomic mass is 10.1. The van der Waals surface area contributed by atoms with Crippen LogP contribution in [0.3, 0.4) is 0 Å². The molecule has 0 amide bonds. The smallest absolute Gasteiger partial charge is 0.231 e. The van der Waals surface area contributed by atoms with Gasteiger partial charge in [0, 0.05) is 0 Å². The van der Waals surface area contributed by atoms with E-state index in [0.717, 1.165) is 32.5 Å². The Morgan fingerprint density at radius 2 is 1.73 bits per heavy atom. The van der Waals surface area contributed by atoms with Crippen molar-refractivity contribution in [2.75, 3.05) is 7.11 Å². The van der Waals surface area contributed by atoms with Gasteiger partial charge in [0.1, 0.15) is 22.7 Å². The zero-order valence-electron chi connectivity index (χ0n) is 11.8. The Labute approximate surface area is 131 Å². The Morgan fingerprint density at radius 1 is 0.909 bits per heavy atom. The maximum absolute atomic E-state index is 5.95. The van der Waals surface area contributed by atoms with E-state index in [2.05, 4.69) is 9.97 Å². The van der Waals surface area contributed by atoms with Gasteiger partial charge in [0.25, 0.3) is 0 Å². The van der Waals surface area contributed by atoms with Gasteiger partial charge in [-0.1, -0.05) is 12.1 Å². The van der Waals surface area contributed by atoms with Crippen LogP contribution >= 0.6 is 11.3 Å². The Hall–Kier alpha value is -2.66. The molecule has 0 unspecified atom stereocenters. The van der Waals surface area contributed by atoms with Crippen LogP contribution in [0, 0.1) is 0 Å². The number of benzene rings is 2. The van der Waals surface area contributed by atoms with E-state index in [-0.39, 0.29) is 0 Å². The van der Waals surface area contributed by atoms with Crippen LogP contribution in [0.1, 0.15) is 0 Å². The van der Waals surface area contributed by atoms with Crippen molar-refractivity contribution in [1.82, 2.24) is 9.97 Å². The van der Waals surface area contributed by atoms with E-state index in [1.54, 1.807) is 18.4 Å². The number of aromatic nitrogens is 2. The van der Waals surface area contributed by atoms with Crippen LogP contribution in [-0.4, -0.2) is 17.1 Å². The molecule has 0 bridgehead atoms. The lowest BCUT2D eigenvalue weighted by molar-refractivity contribution is 0.415. The van der Waals surface area contributed by atoms with Crippen molar-refractivity contribution in [3.63, 3.8) is 0 Å². The minimum absolute atomic E-state index is 0.577. The monoisotopic (exact) mass is 308 g/mol. The average Bonchev–Trinajstić information content (AvgIpc) is 3.04. The summed E-state index contributed by atoms with van der Waals surface area (Å²) in [7, 11) is 1.66. The maximum Gasteiger partial charge on any atom is 0.231 e. The summed E-state index contributed by atoms with van der Waals surface area (Å²) in [5.74, 6) is 2.15. The maximum atomic E-state index is 5.95. The molecule has 0 fully saturated rings. The molecule has 0 N–H and O–H groups in total. The second-order valence-corrected chi connectivity index (χ2v) is 5.69. The average molecular weight is 308 g/mol. The van der Waals surface area contributed by atoms with Gasteiger partial charge in [-0.15, -0.1) is 11.3 Å². The fraction of sp³-hybridized carbons (Fsp3) is 0.0588. The Balaban J connectivity index is 1.76. The molecule has 0 spiro atoms. The first kappa shape index (κ1) is 13.0. The first-order valence-electron chi connectivity index (χ1n) is 6.77. The van der Waals surface area contributed by atoms with Gasteiger partial charge < -0.3 is 9.47 Å². The van der Waals surface area contributed by atoms with Gasteiger partial charge in [-0.25, -0.2) is 9.97 Å². The van der Waals surface area contributed by atoms with E-state index in [4.69, 9.17) is 9.47 Å². The standard InChI is InChI=1S/C17H12N2O2S/c1-20-13-4-2-11-3-5-14(9-12(11)8-13)21-16-15-6-7-22-17(15)19-10-18-16/h2-10H,1H3. The summed E-state index contributed by atoms with van der Waals surface area (Å²) < 4.78 is 11.2. The molecule has 5 heteroatoms. The van der Waals surface area contributed by atoms with Gasteiger partial charge in [0.15, 0.2) is 0 Å². The zero-order valence-corrected chi connectivity index (χ0v) is 12.6. The van der Waals surface area contributed by atoms with Crippen molar-refractivity contribution >= 4 is 32.3 Å². The normalized spacial score (nSPS) is 11.0. The molecule has 4 rings (SSSR count). The Morgan fingerprint density at radius 3 is 2.59 bits per heavy atom. The summed E-state index contributed by atoms with van der Waals surface area (Å²) >= 11 is 1.57. The second-order valence-electron chi connectivity index (χ2n) is 4.80. The molecule has 0 atom stereocenters. The quantitative estimate of drug-likeness (QED) is 0.553. The minimum Gasteiger partial charge on any atom is -0.497 e. The molecule has 0 aliphatic carbocycles. The molecule has 2 aromatic heterocycles. The van der Waals surface area contributed by atoms with Crippen molar-refractivity contribution in [2.24, 2.45) is 0 Å². The second kappa shape index (κ2) is 5.27. The number of fused-ring (bicyclic) bond motifs is 2. The van der Waals surface area contributed by atoms with Crippen LogP contribution in [0.25, 0.3) is 21.0 Å². The number of methoxy groups -OCH3 is 1. The molecule has 22 heavy (non-hydrogen) atoms. The van der Waals surface area contributed by atoms with Gasteiger partial charge in [-0.3, -0.25) is 0 Å². The molecule has 0 aliphatic rings. The van der Waals surface area contributed by atoms with Crippen LogP contribution in [0.2, 0.25) is 0 Å². The van der Waals surface area contributed by atoms with Gasteiger partial charge in [-0.2, -0.15) is 0 Å². The van der Waals surface area contributed by atoms with Gasteiger partial charge in [0.2, 0.25) is 5.88 Å². The highest BCUT2D eigenvalue weighted by atomic mass is 32.1. The summed E-state index contributed by atoms with van der Waals surface area (Å²) in [5, 5.41) is 5.11. The van der Waals surface area contributed by atoms with Crippen LogP contribution in [0.4, 0.5) is 0 Å². The highest BCUT2D eigenvalue weighted by molar-refractivity contribution is 7.16. The van der Waals surface area contributed by atoms with Crippen LogP contribution in [0.15, 0.2) is 54.2 Å². The molecule has 0 radical (unpaired) electrons. The van der Waals surface area contributed by atoms with Crippen molar-refractivity contribution in [1.29, 1.82) is 0 Å². The largest absolute Gasteiger partial charge is 0.497 e. The molecule has 2 aromatic carbocycles. The highest BCUT2D eigenvalue weighted by Crippen LogP contribution is 2.31. The first-order valence-corrected chi connectivity index (χ1v) is 7.65. The number of thiophene rings is 1. The van der Waals surface area contributed by atoms with E-state index < -0.39 is 0 Å². The predicted octanol–water partition coefficient (Wildman–Crippen LogP) is 4.65. The van der Waals surface area contributed by atoms with E-state index >= 15 is 0 Å². The molecule has 4 aromatic rings. The molecular formula is C17H12N2O2S. The van der Waals surface area contributed by atoms with Crippen molar-refractivity contribution in [3.8, 4) is 17.4 Å². The number of nitrogens with zero attached hydrogens (tertiary/aromatic N) is 2. The number of hydrogen-bond acceptors (Lipinski definition) is 5.